The molecule has 0 saturated carbocycles. The van der Waals surface area contributed by atoms with Gasteiger partial charge in [-0.1, -0.05) is 42.2 Å². The third-order valence-corrected chi connectivity index (χ3v) is 5.57. The van der Waals surface area contributed by atoms with Crippen LogP contribution in [-0.2, 0) is 9.59 Å². The Balaban J connectivity index is 1.67. The zero-order valence-electron chi connectivity index (χ0n) is 13.1. The molecule has 0 spiro atoms. The Labute approximate surface area is 162 Å². The number of carbonyl (C=O) groups is 3. The van der Waals surface area contributed by atoms with Gasteiger partial charge < -0.3 is 15.2 Å². The van der Waals surface area contributed by atoms with Crippen molar-refractivity contribution in [3.05, 3.63) is 57.1 Å². The molecule has 1 aliphatic heterocycles. The molecule has 0 unspecified atom stereocenters. The number of amides is 2. The lowest BCUT2D eigenvalue weighted by Crippen LogP contribution is -2.36. The molecule has 1 aliphatic rings. The lowest BCUT2D eigenvalue weighted by Gasteiger charge is -2.14. The first-order chi connectivity index (χ1) is 12.4. The van der Waals surface area contributed by atoms with Crippen LogP contribution in [-0.4, -0.2) is 33.5 Å². The highest BCUT2D eigenvalue weighted by molar-refractivity contribution is 8.26. The molecule has 1 aromatic heterocycles. The summed E-state index contributed by atoms with van der Waals surface area (Å²) in [5, 5.41) is 15.3. The number of carboxylic acid groups (broad SMARTS) is 1. The number of thioether (sulfide) groups is 1. The molecule has 0 bridgehead atoms. The summed E-state index contributed by atoms with van der Waals surface area (Å²) in [5.74, 6) is -2.14. The molecule has 1 aromatic carbocycles. The van der Waals surface area contributed by atoms with Crippen LogP contribution >= 0.6 is 35.3 Å². The van der Waals surface area contributed by atoms with E-state index in [1.807, 2.05) is 17.5 Å². The van der Waals surface area contributed by atoms with Crippen molar-refractivity contribution in [1.82, 2.24) is 4.90 Å². The van der Waals surface area contributed by atoms with Crippen molar-refractivity contribution in [2.24, 2.45) is 0 Å². The molecular weight excluding hydrogens is 392 g/mol. The molecule has 2 aromatic rings. The fraction of sp³-hybridized carbons (Fsp3) is 0.0588. The van der Waals surface area contributed by atoms with Gasteiger partial charge in [-0.3, -0.25) is 14.5 Å². The van der Waals surface area contributed by atoms with E-state index in [4.69, 9.17) is 12.2 Å². The zero-order valence-corrected chi connectivity index (χ0v) is 15.6. The number of hydrogen-bond donors (Lipinski definition) is 1. The number of aromatic carboxylic acids is 1. The maximum atomic E-state index is 12.5. The van der Waals surface area contributed by atoms with E-state index in [2.05, 4.69) is 5.32 Å². The molecule has 26 heavy (non-hydrogen) atoms. The number of rotatable bonds is 5. The van der Waals surface area contributed by atoms with Crippen LogP contribution in [0, 0.1) is 0 Å². The first-order valence-electron chi connectivity index (χ1n) is 7.34. The van der Waals surface area contributed by atoms with Crippen LogP contribution in [0.5, 0.6) is 0 Å². The van der Waals surface area contributed by atoms with Gasteiger partial charge in [0.25, 0.3) is 5.91 Å². The summed E-state index contributed by atoms with van der Waals surface area (Å²) in [6, 6.07) is 9.45. The molecule has 0 aliphatic carbocycles. The summed E-state index contributed by atoms with van der Waals surface area (Å²) in [6.07, 6.45) is 1.74. The zero-order chi connectivity index (χ0) is 18.7. The Morgan fingerprint density at radius 2 is 2.08 bits per heavy atom. The minimum Gasteiger partial charge on any atom is -0.545 e. The van der Waals surface area contributed by atoms with Gasteiger partial charge >= 0.3 is 0 Å². The van der Waals surface area contributed by atoms with E-state index in [9.17, 15) is 19.5 Å². The van der Waals surface area contributed by atoms with E-state index in [-0.39, 0.29) is 18.0 Å². The quantitative estimate of drug-likeness (QED) is 0.606. The monoisotopic (exact) mass is 403 g/mol. The summed E-state index contributed by atoms with van der Waals surface area (Å²) < 4.78 is 0.302. The Hall–Kier alpha value is -2.49. The first kappa shape index (κ1) is 18.3. The third kappa shape index (κ3) is 4.18. The lowest BCUT2D eigenvalue weighted by molar-refractivity contribution is -0.255. The average Bonchev–Trinajstić information content (AvgIpc) is 3.19. The number of thiocarbonyl (C=S) groups is 1. The minimum atomic E-state index is -1.34. The second-order valence-electron chi connectivity index (χ2n) is 5.20. The number of anilines is 1. The van der Waals surface area contributed by atoms with Gasteiger partial charge in [0.1, 0.15) is 10.9 Å². The van der Waals surface area contributed by atoms with Crippen LogP contribution in [0.2, 0.25) is 0 Å². The van der Waals surface area contributed by atoms with Crippen LogP contribution in [0.4, 0.5) is 5.69 Å². The molecule has 3 rings (SSSR count). The Bertz CT molecular complexity index is 922. The van der Waals surface area contributed by atoms with Crippen molar-refractivity contribution in [2.75, 3.05) is 11.9 Å². The molecule has 0 radical (unpaired) electrons. The van der Waals surface area contributed by atoms with Gasteiger partial charge in [-0.25, -0.2) is 0 Å². The number of carbonyl (C=O) groups excluding carboxylic acids is 3. The van der Waals surface area contributed by atoms with E-state index < -0.39 is 11.9 Å². The predicted molar refractivity (Wildman–Crippen MR) is 104 cm³/mol. The normalized spacial score (nSPS) is 15.5. The maximum Gasteiger partial charge on any atom is 0.266 e. The summed E-state index contributed by atoms with van der Waals surface area (Å²) in [7, 11) is 0. The number of carboxylic acids is 1. The van der Waals surface area contributed by atoms with E-state index in [0.29, 0.717) is 14.9 Å². The molecule has 6 nitrogen and oxygen atoms in total. The summed E-state index contributed by atoms with van der Waals surface area (Å²) in [5.41, 5.74) is 0.253. The van der Waals surface area contributed by atoms with Gasteiger partial charge in [-0.2, -0.15) is 0 Å². The highest BCUT2D eigenvalue weighted by Gasteiger charge is 2.33. The van der Waals surface area contributed by atoms with Crippen molar-refractivity contribution in [1.29, 1.82) is 0 Å². The molecule has 2 heterocycles. The van der Waals surface area contributed by atoms with E-state index in [1.54, 1.807) is 12.1 Å². The number of benzene rings is 1. The van der Waals surface area contributed by atoms with Gasteiger partial charge in [0.2, 0.25) is 5.91 Å². The SMILES string of the molecule is O=C(CN1C(=O)C(=Cc2cccs2)SC1=S)Nc1cccc(C(=O)[O-])c1. The maximum absolute atomic E-state index is 12.5. The van der Waals surface area contributed by atoms with Gasteiger partial charge in [0.15, 0.2) is 0 Å². The number of hydrogen-bond acceptors (Lipinski definition) is 7. The van der Waals surface area contributed by atoms with Crippen LogP contribution in [0.25, 0.3) is 6.08 Å². The van der Waals surface area contributed by atoms with E-state index >= 15 is 0 Å². The van der Waals surface area contributed by atoms with Crippen LogP contribution < -0.4 is 10.4 Å². The fourth-order valence-corrected chi connectivity index (χ4v) is 4.18. The number of thiophene rings is 1. The molecule has 1 N–H and O–H groups in total. The van der Waals surface area contributed by atoms with Gasteiger partial charge in [0, 0.05) is 10.6 Å². The van der Waals surface area contributed by atoms with Gasteiger partial charge in [0.05, 0.1) is 10.9 Å². The molecule has 0 atom stereocenters. The Morgan fingerprint density at radius 3 is 2.77 bits per heavy atom. The highest BCUT2D eigenvalue weighted by atomic mass is 32.2. The number of nitrogens with zero attached hydrogens (tertiary/aromatic N) is 1. The molecule has 9 heteroatoms. The molecular formula is C17H11N2O4S3-. The minimum absolute atomic E-state index is 0.0488. The van der Waals surface area contributed by atoms with Crippen molar-refractivity contribution >= 4 is 69.2 Å². The Kier molecular flexibility index (Phi) is 5.50. The molecule has 132 valence electrons. The second kappa shape index (κ2) is 7.81. The van der Waals surface area contributed by atoms with Crippen molar-refractivity contribution < 1.29 is 19.5 Å². The van der Waals surface area contributed by atoms with Crippen LogP contribution in [0.3, 0.4) is 0 Å². The van der Waals surface area contributed by atoms with Crippen molar-refractivity contribution in [3.63, 3.8) is 0 Å². The molecule has 2 amide bonds. The van der Waals surface area contributed by atoms with E-state index in [1.165, 1.54) is 34.4 Å². The van der Waals surface area contributed by atoms with Crippen LogP contribution in [0.1, 0.15) is 15.2 Å². The van der Waals surface area contributed by atoms with Gasteiger partial charge in [-0.05, 0) is 35.2 Å². The summed E-state index contributed by atoms with van der Waals surface area (Å²) in [4.78, 5) is 38.1. The average molecular weight is 403 g/mol. The second-order valence-corrected chi connectivity index (χ2v) is 7.85. The standard InChI is InChI=1S/C17H12N2O4S3/c20-14(18-11-4-1-3-10(7-11)16(22)23)9-19-15(21)13(26-17(19)24)8-12-5-2-6-25-12/h1-8H,9H2,(H,18,20)(H,22,23)/p-1. The lowest BCUT2D eigenvalue weighted by atomic mass is 10.2. The topological polar surface area (TPSA) is 89.5 Å². The van der Waals surface area contributed by atoms with Crippen LogP contribution in [0.15, 0.2) is 46.7 Å². The number of nitrogens with one attached hydrogen (secondary N) is 1. The van der Waals surface area contributed by atoms with E-state index in [0.717, 1.165) is 16.6 Å². The Morgan fingerprint density at radius 1 is 1.27 bits per heavy atom. The van der Waals surface area contributed by atoms with Crippen molar-refractivity contribution in [3.8, 4) is 0 Å². The summed E-state index contributed by atoms with van der Waals surface area (Å²) >= 11 is 7.83. The highest BCUT2D eigenvalue weighted by Crippen LogP contribution is 2.33. The smallest absolute Gasteiger partial charge is 0.266 e. The summed E-state index contributed by atoms with van der Waals surface area (Å²) in [6.45, 7) is -0.248. The fourth-order valence-electron chi connectivity index (χ4n) is 2.21. The van der Waals surface area contributed by atoms with Gasteiger partial charge in [-0.15, -0.1) is 11.3 Å². The molecule has 1 saturated heterocycles. The third-order valence-electron chi connectivity index (χ3n) is 3.37. The van der Waals surface area contributed by atoms with Crippen molar-refractivity contribution in [2.45, 2.75) is 0 Å². The largest absolute Gasteiger partial charge is 0.545 e. The first-order valence-corrected chi connectivity index (χ1v) is 9.44. The predicted octanol–water partition coefficient (Wildman–Crippen LogP) is 1.95. The molecule has 1 fully saturated rings.